The normalized spacial score (nSPS) is 15.7. The first-order chi connectivity index (χ1) is 10.2. The Morgan fingerprint density at radius 3 is 2.71 bits per heavy atom. The Labute approximate surface area is 122 Å². The van der Waals surface area contributed by atoms with Gasteiger partial charge in [-0.15, -0.1) is 0 Å². The molecule has 4 nitrogen and oxygen atoms in total. The average molecular weight is 287 g/mol. The molecule has 0 aliphatic heterocycles. The van der Waals surface area contributed by atoms with Crippen LogP contribution >= 0.6 is 0 Å². The lowest BCUT2D eigenvalue weighted by molar-refractivity contribution is -0.123. The highest BCUT2D eigenvalue weighted by Crippen LogP contribution is 2.48. The van der Waals surface area contributed by atoms with E-state index in [-0.39, 0.29) is 11.7 Å². The van der Waals surface area contributed by atoms with Crippen molar-refractivity contribution in [1.82, 2.24) is 15.3 Å². The molecule has 1 aromatic heterocycles. The smallest absolute Gasteiger partial charge is 0.230 e. The van der Waals surface area contributed by atoms with Crippen molar-refractivity contribution < 1.29 is 9.18 Å². The fourth-order valence-electron chi connectivity index (χ4n) is 2.60. The highest BCUT2D eigenvalue weighted by atomic mass is 19.1. The minimum Gasteiger partial charge on any atom is -0.355 e. The lowest BCUT2D eigenvalue weighted by Crippen LogP contribution is -2.35. The molecule has 1 aliphatic rings. The van der Waals surface area contributed by atoms with Gasteiger partial charge in [0.25, 0.3) is 0 Å². The fourth-order valence-corrected chi connectivity index (χ4v) is 2.60. The predicted molar refractivity (Wildman–Crippen MR) is 77.2 cm³/mol. The zero-order valence-corrected chi connectivity index (χ0v) is 11.7. The van der Waals surface area contributed by atoms with Gasteiger partial charge in [-0.1, -0.05) is 12.1 Å². The summed E-state index contributed by atoms with van der Waals surface area (Å²) in [5.41, 5.74) is 0.478. The molecule has 2 aromatic rings. The van der Waals surface area contributed by atoms with Crippen LogP contribution in [0.2, 0.25) is 0 Å². The van der Waals surface area contributed by atoms with Crippen molar-refractivity contribution >= 4 is 5.91 Å². The van der Waals surface area contributed by atoms with Crippen LogP contribution in [0.4, 0.5) is 4.39 Å². The third-order valence-electron chi connectivity index (χ3n) is 4.01. The molecule has 0 unspecified atom stereocenters. The van der Waals surface area contributed by atoms with Crippen molar-refractivity contribution in [2.75, 3.05) is 6.54 Å². The molecule has 0 spiro atoms. The Morgan fingerprint density at radius 2 is 2.10 bits per heavy atom. The number of rotatable bonds is 6. The number of carbonyl (C=O) groups excluding carboxylic acids is 1. The van der Waals surface area contributed by atoms with Crippen LogP contribution in [0, 0.1) is 5.82 Å². The number of nitrogens with one attached hydrogen (secondary N) is 2. The van der Waals surface area contributed by atoms with Gasteiger partial charge in [-0.05, 0) is 37.0 Å². The number of hydrogen-bond donors (Lipinski definition) is 2. The van der Waals surface area contributed by atoms with Crippen LogP contribution < -0.4 is 5.32 Å². The molecule has 1 heterocycles. The molecular formula is C16H18FN3O. The molecule has 0 atom stereocenters. The topological polar surface area (TPSA) is 57.8 Å². The van der Waals surface area contributed by atoms with Gasteiger partial charge >= 0.3 is 0 Å². The highest BCUT2D eigenvalue weighted by molar-refractivity contribution is 5.91. The minimum absolute atomic E-state index is 0.0496. The maximum Gasteiger partial charge on any atom is 0.230 e. The maximum atomic E-state index is 13.0. The van der Waals surface area contributed by atoms with Crippen LogP contribution in [0.25, 0.3) is 0 Å². The monoisotopic (exact) mass is 287 g/mol. The molecular weight excluding hydrogens is 269 g/mol. The maximum absolute atomic E-state index is 13.0. The SMILES string of the molecule is O=C(NCCCc1ncc[nH]1)C1(c2ccc(F)cc2)CC1. The average Bonchev–Trinajstić information content (AvgIpc) is 3.14. The first-order valence-electron chi connectivity index (χ1n) is 7.23. The van der Waals surface area contributed by atoms with Gasteiger partial charge in [0.1, 0.15) is 11.6 Å². The van der Waals surface area contributed by atoms with Crippen molar-refractivity contribution in [3.8, 4) is 0 Å². The van der Waals surface area contributed by atoms with Crippen molar-refractivity contribution in [1.29, 1.82) is 0 Å². The summed E-state index contributed by atoms with van der Waals surface area (Å²) in [6, 6.07) is 6.26. The van der Waals surface area contributed by atoms with Gasteiger partial charge in [0.2, 0.25) is 5.91 Å². The van der Waals surface area contributed by atoms with Crippen molar-refractivity contribution in [3.63, 3.8) is 0 Å². The molecule has 2 N–H and O–H groups in total. The summed E-state index contributed by atoms with van der Waals surface area (Å²) in [6.45, 7) is 0.627. The molecule has 1 aliphatic carbocycles. The molecule has 1 fully saturated rings. The van der Waals surface area contributed by atoms with E-state index in [4.69, 9.17) is 0 Å². The number of halogens is 1. The van der Waals surface area contributed by atoms with Crippen LogP contribution in [0.1, 0.15) is 30.7 Å². The molecule has 1 amide bonds. The number of aromatic nitrogens is 2. The summed E-state index contributed by atoms with van der Waals surface area (Å²) in [5.74, 6) is 0.714. The number of nitrogens with zero attached hydrogens (tertiary/aromatic N) is 1. The van der Waals surface area contributed by atoms with E-state index in [9.17, 15) is 9.18 Å². The van der Waals surface area contributed by atoms with E-state index in [1.807, 2.05) is 0 Å². The Hall–Kier alpha value is -2.17. The lowest BCUT2D eigenvalue weighted by Gasteiger charge is -2.15. The molecule has 110 valence electrons. The van der Waals surface area contributed by atoms with Gasteiger partial charge in [0.15, 0.2) is 0 Å². The van der Waals surface area contributed by atoms with Gasteiger partial charge < -0.3 is 10.3 Å². The van der Waals surface area contributed by atoms with E-state index < -0.39 is 5.41 Å². The number of benzene rings is 1. The third-order valence-corrected chi connectivity index (χ3v) is 4.01. The number of imidazole rings is 1. The zero-order chi connectivity index (χ0) is 14.7. The summed E-state index contributed by atoms with van der Waals surface area (Å²) in [5, 5.41) is 2.99. The Morgan fingerprint density at radius 1 is 1.33 bits per heavy atom. The zero-order valence-electron chi connectivity index (χ0n) is 11.7. The molecule has 21 heavy (non-hydrogen) atoms. The van der Waals surface area contributed by atoms with Crippen LogP contribution in [-0.2, 0) is 16.6 Å². The van der Waals surface area contributed by atoms with E-state index in [1.165, 1.54) is 12.1 Å². The Bertz CT molecular complexity index is 603. The number of aryl methyl sites for hydroxylation is 1. The van der Waals surface area contributed by atoms with Crippen molar-refractivity contribution in [3.05, 3.63) is 53.9 Å². The summed E-state index contributed by atoms with van der Waals surface area (Å²) in [7, 11) is 0. The van der Waals surface area contributed by atoms with Gasteiger partial charge in [-0.3, -0.25) is 4.79 Å². The Kier molecular flexibility index (Phi) is 3.73. The second kappa shape index (κ2) is 5.68. The molecule has 3 rings (SSSR count). The molecule has 1 aromatic carbocycles. The molecule has 0 radical (unpaired) electrons. The van der Waals surface area contributed by atoms with Gasteiger partial charge in [-0.2, -0.15) is 0 Å². The second-order valence-corrected chi connectivity index (χ2v) is 5.48. The van der Waals surface area contributed by atoms with E-state index in [2.05, 4.69) is 15.3 Å². The number of carbonyl (C=O) groups is 1. The molecule has 0 saturated heterocycles. The highest BCUT2D eigenvalue weighted by Gasteiger charge is 2.50. The molecule has 1 saturated carbocycles. The van der Waals surface area contributed by atoms with Crippen LogP contribution in [0.5, 0.6) is 0 Å². The number of H-pyrrole nitrogens is 1. The largest absolute Gasteiger partial charge is 0.355 e. The van der Waals surface area contributed by atoms with E-state index >= 15 is 0 Å². The lowest BCUT2D eigenvalue weighted by atomic mass is 9.95. The van der Waals surface area contributed by atoms with E-state index in [0.717, 1.165) is 37.1 Å². The second-order valence-electron chi connectivity index (χ2n) is 5.48. The van der Waals surface area contributed by atoms with Crippen LogP contribution in [0.3, 0.4) is 0 Å². The van der Waals surface area contributed by atoms with Crippen molar-refractivity contribution in [2.24, 2.45) is 0 Å². The number of aromatic amines is 1. The third kappa shape index (κ3) is 2.96. The van der Waals surface area contributed by atoms with Gasteiger partial charge in [0.05, 0.1) is 5.41 Å². The van der Waals surface area contributed by atoms with Crippen LogP contribution in [0.15, 0.2) is 36.7 Å². The molecule has 0 bridgehead atoms. The summed E-state index contributed by atoms with van der Waals surface area (Å²) in [6.07, 6.45) is 6.85. The predicted octanol–water partition coefficient (Wildman–Crippen LogP) is 2.33. The van der Waals surface area contributed by atoms with E-state index in [1.54, 1.807) is 24.5 Å². The first-order valence-corrected chi connectivity index (χ1v) is 7.23. The summed E-state index contributed by atoms with van der Waals surface area (Å²) >= 11 is 0. The molecule has 5 heteroatoms. The summed E-state index contributed by atoms with van der Waals surface area (Å²) < 4.78 is 13.0. The summed E-state index contributed by atoms with van der Waals surface area (Å²) in [4.78, 5) is 19.5. The standard InChI is InChI=1S/C16H18FN3O/c17-13-5-3-12(4-6-13)16(7-8-16)15(21)20-9-1-2-14-18-10-11-19-14/h3-6,10-11H,1-2,7-9H2,(H,18,19)(H,20,21). The minimum atomic E-state index is -0.432. The fraction of sp³-hybridized carbons (Fsp3) is 0.375. The number of amides is 1. The van der Waals surface area contributed by atoms with E-state index in [0.29, 0.717) is 6.54 Å². The quantitative estimate of drug-likeness (QED) is 0.801. The van der Waals surface area contributed by atoms with Gasteiger partial charge in [-0.25, -0.2) is 9.37 Å². The Balaban J connectivity index is 1.52. The number of hydrogen-bond acceptors (Lipinski definition) is 2. The first kappa shape index (κ1) is 13.8. The van der Waals surface area contributed by atoms with Gasteiger partial charge in [0, 0.05) is 25.4 Å². The van der Waals surface area contributed by atoms with Crippen molar-refractivity contribution in [2.45, 2.75) is 31.1 Å². The van der Waals surface area contributed by atoms with Crippen LogP contribution in [-0.4, -0.2) is 22.4 Å².